The molecule has 1 aliphatic heterocycles. The Morgan fingerprint density at radius 3 is 2.52 bits per heavy atom. The Labute approximate surface area is 187 Å². The van der Waals surface area contributed by atoms with E-state index in [9.17, 15) is 9.59 Å². The van der Waals surface area contributed by atoms with E-state index in [1.165, 1.54) is 0 Å². The molecule has 7 heteroatoms. The molecule has 0 radical (unpaired) electrons. The molecule has 1 fully saturated rings. The predicted octanol–water partition coefficient (Wildman–Crippen LogP) is 3.79. The van der Waals surface area contributed by atoms with Crippen molar-refractivity contribution in [2.45, 2.75) is 13.3 Å². The number of aryl methyl sites for hydroxylation is 2. The van der Waals surface area contributed by atoms with Gasteiger partial charge >= 0.3 is 0 Å². The van der Waals surface area contributed by atoms with E-state index in [2.05, 4.69) is 17.1 Å². The van der Waals surface area contributed by atoms with Crippen LogP contribution in [0.1, 0.15) is 23.0 Å². The summed E-state index contributed by atoms with van der Waals surface area (Å²) in [5, 5.41) is 4.64. The minimum Gasteiger partial charge on any atom is -0.340 e. The second-order valence-corrected chi connectivity index (χ2v) is 8.36. The SMILES string of the molecule is CCc1ccccc1NC(=O)CN1CCN(C(=O)c2cc3cc(Cl)ccc3n2C)CC1. The van der Waals surface area contributed by atoms with Crippen molar-refractivity contribution in [1.82, 2.24) is 14.4 Å². The van der Waals surface area contributed by atoms with Gasteiger partial charge in [0.2, 0.25) is 5.91 Å². The van der Waals surface area contributed by atoms with Gasteiger partial charge in [-0.15, -0.1) is 0 Å². The van der Waals surface area contributed by atoms with Crippen molar-refractivity contribution in [3.05, 3.63) is 64.8 Å². The zero-order valence-corrected chi connectivity index (χ0v) is 18.7. The van der Waals surface area contributed by atoms with Crippen molar-refractivity contribution in [3.8, 4) is 0 Å². The summed E-state index contributed by atoms with van der Waals surface area (Å²) in [6.45, 7) is 4.94. The molecule has 1 saturated heterocycles. The van der Waals surface area contributed by atoms with Crippen molar-refractivity contribution in [2.75, 3.05) is 38.0 Å². The third-order valence-corrected chi connectivity index (χ3v) is 6.16. The molecule has 2 aromatic carbocycles. The summed E-state index contributed by atoms with van der Waals surface area (Å²) in [5.41, 5.74) is 3.64. The van der Waals surface area contributed by atoms with Crippen LogP contribution >= 0.6 is 11.6 Å². The minimum absolute atomic E-state index is 0.01000. The molecule has 0 spiro atoms. The van der Waals surface area contributed by atoms with Crippen LogP contribution in [0, 0.1) is 0 Å². The van der Waals surface area contributed by atoms with E-state index < -0.39 is 0 Å². The van der Waals surface area contributed by atoms with Gasteiger partial charge in [0.05, 0.1) is 6.54 Å². The summed E-state index contributed by atoms with van der Waals surface area (Å²) >= 11 is 6.09. The van der Waals surface area contributed by atoms with E-state index in [-0.39, 0.29) is 11.8 Å². The fourth-order valence-electron chi connectivity index (χ4n) is 4.14. The number of aromatic nitrogens is 1. The summed E-state index contributed by atoms with van der Waals surface area (Å²) in [6, 6.07) is 15.4. The molecule has 1 aromatic heterocycles. The lowest BCUT2D eigenvalue weighted by Gasteiger charge is -2.34. The van der Waals surface area contributed by atoms with Gasteiger partial charge in [0.1, 0.15) is 5.69 Å². The molecule has 2 amide bonds. The van der Waals surface area contributed by atoms with Crippen LogP contribution in [-0.4, -0.2) is 58.9 Å². The van der Waals surface area contributed by atoms with Gasteiger partial charge in [0.15, 0.2) is 0 Å². The monoisotopic (exact) mass is 438 g/mol. The molecule has 3 aromatic rings. The van der Waals surface area contributed by atoms with Crippen LogP contribution in [0.15, 0.2) is 48.5 Å². The lowest BCUT2D eigenvalue weighted by Crippen LogP contribution is -2.50. The number of nitrogens with one attached hydrogen (secondary N) is 1. The molecule has 162 valence electrons. The molecule has 0 unspecified atom stereocenters. The average Bonchev–Trinajstić information content (AvgIpc) is 3.09. The Bertz CT molecular complexity index is 1120. The van der Waals surface area contributed by atoms with Crippen molar-refractivity contribution in [1.29, 1.82) is 0 Å². The van der Waals surface area contributed by atoms with Gasteiger partial charge in [-0.1, -0.05) is 36.7 Å². The smallest absolute Gasteiger partial charge is 0.270 e. The Morgan fingerprint density at radius 2 is 1.77 bits per heavy atom. The topological polar surface area (TPSA) is 57.6 Å². The van der Waals surface area contributed by atoms with Crippen molar-refractivity contribution < 1.29 is 9.59 Å². The number of nitrogens with zero attached hydrogens (tertiary/aromatic N) is 3. The highest BCUT2D eigenvalue weighted by Crippen LogP contribution is 2.24. The molecule has 4 rings (SSSR count). The Kier molecular flexibility index (Phi) is 6.30. The van der Waals surface area contributed by atoms with Gasteiger partial charge in [-0.05, 0) is 42.3 Å². The molecule has 1 aliphatic rings. The van der Waals surface area contributed by atoms with Gasteiger partial charge in [-0.25, -0.2) is 0 Å². The van der Waals surface area contributed by atoms with Crippen molar-refractivity contribution >= 4 is 40.0 Å². The number of halogens is 1. The minimum atomic E-state index is -0.0220. The number of benzene rings is 2. The number of hydrogen-bond donors (Lipinski definition) is 1. The van der Waals surface area contributed by atoms with E-state index in [4.69, 9.17) is 11.6 Å². The Balaban J connectivity index is 1.35. The highest BCUT2D eigenvalue weighted by Gasteiger charge is 2.25. The molecule has 0 saturated carbocycles. The molecule has 6 nitrogen and oxygen atoms in total. The van der Waals surface area contributed by atoms with Crippen LogP contribution in [-0.2, 0) is 18.3 Å². The molecule has 31 heavy (non-hydrogen) atoms. The number of para-hydroxylation sites is 1. The largest absolute Gasteiger partial charge is 0.340 e. The second-order valence-electron chi connectivity index (χ2n) is 7.92. The predicted molar refractivity (Wildman–Crippen MR) is 125 cm³/mol. The number of piperazine rings is 1. The van der Waals surface area contributed by atoms with Gasteiger partial charge < -0.3 is 14.8 Å². The standard InChI is InChI=1S/C24H27ClN4O2/c1-3-17-6-4-5-7-20(17)26-23(30)16-28-10-12-29(13-11-28)24(31)22-15-18-14-19(25)8-9-21(18)27(22)2/h4-9,14-15H,3,10-13,16H2,1-2H3,(H,26,30). The van der Waals surface area contributed by atoms with Crippen molar-refractivity contribution in [3.63, 3.8) is 0 Å². The number of carbonyl (C=O) groups is 2. The van der Waals surface area contributed by atoms with Crippen LogP contribution in [0.4, 0.5) is 5.69 Å². The van der Waals surface area contributed by atoms with Crippen LogP contribution in [0.5, 0.6) is 0 Å². The first-order chi connectivity index (χ1) is 15.0. The zero-order chi connectivity index (χ0) is 22.0. The summed E-state index contributed by atoms with van der Waals surface area (Å²) in [5.74, 6) is -0.0120. The second kappa shape index (κ2) is 9.12. The summed E-state index contributed by atoms with van der Waals surface area (Å²) in [7, 11) is 1.90. The molecular weight excluding hydrogens is 412 g/mol. The maximum absolute atomic E-state index is 13.1. The summed E-state index contributed by atoms with van der Waals surface area (Å²) in [4.78, 5) is 29.5. The van der Waals surface area contributed by atoms with Crippen LogP contribution in [0.25, 0.3) is 10.9 Å². The summed E-state index contributed by atoms with van der Waals surface area (Å²) in [6.07, 6.45) is 0.873. The van der Waals surface area contributed by atoms with Crippen LogP contribution < -0.4 is 5.32 Å². The van der Waals surface area contributed by atoms with Gasteiger partial charge in [-0.3, -0.25) is 14.5 Å². The van der Waals surface area contributed by atoms with E-state index in [0.29, 0.717) is 43.4 Å². The number of fused-ring (bicyclic) bond motifs is 1. The first kappa shape index (κ1) is 21.4. The highest BCUT2D eigenvalue weighted by atomic mass is 35.5. The average molecular weight is 439 g/mol. The molecule has 1 N–H and O–H groups in total. The van der Waals surface area contributed by atoms with Gasteiger partial charge in [0.25, 0.3) is 5.91 Å². The Morgan fingerprint density at radius 1 is 1.03 bits per heavy atom. The number of hydrogen-bond acceptors (Lipinski definition) is 3. The first-order valence-corrected chi connectivity index (χ1v) is 11.0. The molecule has 2 heterocycles. The van der Waals surface area contributed by atoms with E-state index >= 15 is 0 Å². The zero-order valence-electron chi connectivity index (χ0n) is 17.9. The fourth-order valence-corrected chi connectivity index (χ4v) is 4.32. The van der Waals surface area contributed by atoms with Crippen LogP contribution in [0.2, 0.25) is 5.02 Å². The van der Waals surface area contributed by atoms with Gasteiger partial charge in [0, 0.05) is 54.8 Å². The van der Waals surface area contributed by atoms with E-state index in [0.717, 1.165) is 28.6 Å². The molecule has 0 aliphatic carbocycles. The number of rotatable bonds is 5. The Hall–Kier alpha value is -2.83. The highest BCUT2D eigenvalue weighted by molar-refractivity contribution is 6.31. The lowest BCUT2D eigenvalue weighted by molar-refractivity contribution is -0.117. The first-order valence-electron chi connectivity index (χ1n) is 10.6. The number of anilines is 1. The quantitative estimate of drug-likeness (QED) is 0.659. The summed E-state index contributed by atoms with van der Waals surface area (Å²) < 4.78 is 1.92. The third kappa shape index (κ3) is 4.60. The van der Waals surface area contributed by atoms with E-state index in [1.807, 2.05) is 65.0 Å². The normalized spacial score (nSPS) is 14.7. The van der Waals surface area contributed by atoms with Crippen LogP contribution in [0.3, 0.4) is 0 Å². The van der Waals surface area contributed by atoms with Gasteiger partial charge in [-0.2, -0.15) is 0 Å². The third-order valence-electron chi connectivity index (χ3n) is 5.92. The van der Waals surface area contributed by atoms with Crippen molar-refractivity contribution in [2.24, 2.45) is 7.05 Å². The maximum atomic E-state index is 13.1. The molecular formula is C24H27ClN4O2. The number of carbonyl (C=O) groups excluding carboxylic acids is 2. The maximum Gasteiger partial charge on any atom is 0.270 e. The van der Waals surface area contributed by atoms with E-state index in [1.54, 1.807) is 0 Å². The molecule has 0 atom stereocenters. The fraction of sp³-hybridized carbons (Fsp3) is 0.333. The number of amides is 2. The lowest BCUT2D eigenvalue weighted by atomic mass is 10.1. The molecule has 0 bridgehead atoms.